The lowest BCUT2D eigenvalue weighted by Gasteiger charge is -2.10. The summed E-state index contributed by atoms with van der Waals surface area (Å²) in [5.41, 5.74) is 3.71. The molecule has 0 saturated heterocycles. The van der Waals surface area contributed by atoms with Crippen LogP contribution >= 0.6 is 11.3 Å². The van der Waals surface area contributed by atoms with E-state index in [0.717, 1.165) is 22.8 Å². The van der Waals surface area contributed by atoms with Crippen LogP contribution in [-0.2, 0) is 0 Å². The van der Waals surface area contributed by atoms with Gasteiger partial charge in [-0.1, -0.05) is 18.2 Å². The predicted molar refractivity (Wildman–Crippen MR) is 124 cm³/mol. The van der Waals surface area contributed by atoms with Gasteiger partial charge in [-0.05, 0) is 56.0 Å². The van der Waals surface area contributed by atoms with Gasteiger partial charge in [-0.25, -0.2) is 14.6 Å². The van der Waals surface area contributed by atoms with Crippen molar-refractivity contribution in [2.45, 2.75) is 20.8 Å². The molecule has 158 valence electrons. The van der Waals surface area contributed by atoms with Crippen LogP contribution in [0.3, 0.4) is 0 Å². The van der Waals surface area contributed by atoms with Crippen LogP contribution in [0, 0.1) is 20.8 Å². The Kier molecular flexibility index (Phi) is 6.08. The fraction of sp³-hybridized carbons (Fsp3) is 0.217. The molecule has 0 aliphatic heterocycles. The van der Waals surface area contributed by atoms with Crippen LogP contribution in [0.5, 0.6) is 0 Å². The summed E-state index contributed by atoms with van der Waals surface area (Å²) in [6.45, 7) is 6.82. The zero-order chi connectivity index (χ0) is 21.8. The van der Waals surface area contributed by atoms with Crippen LogP contribution in [0.4, 0.5) is 5.82 Å². The number of anilines is 1. The van der Waals surface area contributed by atoms with Crippen molar-refractivity contribution in [1.82, 2.24) is 25.1 Å². The lowest BCUT2D eigenvalue weighted by atomic mass is 10.1. The molecule has 0 spiro atoms. The van der Waals surface area contributed by atoms with Gasteiger partial charge in [0.25, 0.3) is 5.91 Å². The number of carbonyl (C=O) groups excluding carboxylic acids is 1. The first-order valence-corrected chi connectivity index (χ1v) is 10.9. The normalized spacial score (nSPS) is 10.8. The zero-order valence-corrected chi connectivity index (χ0v) is 18.5. The van der Waals surface area contributed by atoms with Gasteiger partial charge < -0.3 is 10.6 Å². The largest absolute Gasteiger partial charge is 0.368 e. The van der Waals surface area contributed by atoms with Gasteiger partial charge in [0.1, 0.15) is 11.6 Å². The first kappa shape index (κ1) is 20.7. The smallest absolute Gasteiger partial charge is 0.251 e. The van der Waals surface area contributed by atoms with E-state index in [9.17, 15) is 4.79 Å². The van der Waals surface area contributed by atoms with E-state index < -0.39 is 0 Å². The summed E-state index contributed by atoms with van der Waals surface area (Å²) < 4.78 is 1.80. The molecule has 0 unspecified atom stereocenters. The maximum absolute atomic E-state index is 12.4. The Morgan fingerprint density at radius 2 is 1.84 bits per heavy atom. The van der Waals surface area contributed by atoms with E-state index >= 15 is 0 Å². The number of rotatable bonds is 7. The Morgan fingerprint density at radius 3 is 2.52 bits per heavy atom. The molecule has 0 radical (unpaired) electrons. The van der Waals surface area contributed by atoms with Crippen molar-refractivity contribution < 1.29 is 4.79 Å². The summed E-state index contributed by atoms with van der Waals surface area (Å²) in [5.74, 6) is 1.98. The van der Waals surface area contributed by atoms with E-state index in [-0.39, 0.29) is 5.91 Å². The SMILES string of the molecule is Cc1cc(C)n(-c2cc(NCCNC(=O)c3ccc(-c4cccs4)cc3)nc(C)n2)n1. The highest BCUT2D eigenvalue weighted by atomic mass is 32.1. The second kappa shape index (κ2) is 9.09. The molecule has 8 heteroatoms. The second-order valence-corrected chi connectivity index (χ2v) is 8.18. The molecule has 4 rings (SSSR count). The van der Waals surface area contributed by atoms with Gasteiger partial charge in [0.2, 0.25) is 0 Å². The average molecular weight is 433 g/mol. The summed E-state index contributed by atoms with van der Waals surface area (Å²) in [5, 5.41) is 12.7. The number of hydrogen-bond acceptors (Lipinski definition) is 6. The van der Waals surface area contributed by atoms with E-state index in [1.54, 1.807) is 16.0 Å². The molecule has 3 heterocycles. The van der Waals surface area contributed by atoms with Crippen molar-refractivity contribution in [3.63, 3.8) is 0 Å². The standard InChI is InChI=1S/C23H24N6OS/c1-15-13-16(2)29(28-15)22-14-21(26-17(3)27-22)24-10-11-25-23(30)19-8-6-18(7-9-19)20-5-4-12-31-20/h4-9,12-14H,10-11H2,1-3H3,(H,25,30)(H,24,26,27). The minimum atomic E-state index is -0.0956. The van der Waals surface area contributed by atoms with Gasteiger partial charge in [-0.15, -0.1) is 11.3 Å². The van der Waals surface area contributed by atoms with Gasteiger partial charge in [-0.2, -0.15) is 5.10 Å². The first-order chi connectivity index (χ1) is 15.0. The molecule has 1 amide bonds. The van der Waals surface area contributed by atoms with Crippen LogP contribution in [0.1, 0.15) is 27.6 Å². The summed E-state index contributed by atoms with van der Waals surface area (Å²) in [7, 11) is 0. The third-order valence-electron chi connectivity index (χ3n) is 4.72. The van der Waals surface area contributed by atoms with E-state index in [1.165, 1.54) is 4.88 Å². The Labute approximate surface area is 185 Å². The minimum Gasteiger partial charge on any atom is -0.368 e. The first-order valence-electron chi connectivity index (χ1n) is 10.0. The van der Waals surface area contributed by atoms with Gasteiger partial charge in [-0.3, -0.25) is 4.79 Å². The van der Waals surface area contributed by atoms with Crippen LogP contribution in [-0.4, -0.2) is 38.7 Å². The average Bonchev–Trinajstić information content (AvgIpc) is 3.40. The third-order valence-corrected chi connectivity index (χ3v) is 5.64. The van der Waals surface area contributed by atoms with E-state index in [4.69, 9.17) is 0 Å². The summed E-state index contributed by atoms with van der Waals surface area (Å²) >= 11 is 1.68. The minimum absolute atomic E-state index is 0.0956. The molecule has 1 aromatic carbocycles. The van der Waals surface area contributed by atoms with Crippen LogP contribution in [0.2, 0.25) is 0 Å². The number of nitrogens with zero attached hydrogens (tertiary/aromatic N) is 4. The summed E-state index contributed by atoms with van der Waals surface area (Å²) in [4.78, 5) is 22.5. The quantitative estimate of drug-likeness (QED) is 0.429. The molecule has 3 aromatic heterocycles. The molecular formula is C23H24N6OS. The van der Waals surface area contributed by atoms with Crippen molar-refractivity contribution in [1.29, 1.82) is 0 Å². The van der Waals surface area contributed by atoms with Crippen molar-refractivity contribution >= 4 is 23.1 Å². The second-order valence-electron chi connectivity index (χ2n) is 7.23. The molecule has 31 heavy (non-hydrogen) atoms. The molecule has 2 N–H and O–H groups in total. The van der Waals surface area contributed by atoms with Crippen LogP contribution in [0.25, 0.3) is 16.3 Å². The molecule has 0 aliphatic rings. The molecule has 0 bridgehead atoms. The van der Waals surface area contributed by atoms with E-state index in [2.05, 4.69) is 31.8 Å². The number of carbonyl (C=O) groups is 1. The predicted octanol–water partition coefficient (Wildman–Crippen LogP) is 4.16. The molecule has 0 saturated carbocycles. The maximum atomic E-state index is 12.4. The van der Waals surface area contributed by atoms with Gasteiger partial charge in [0, 0.05) is 35.3 Å². The third kappa shape index (κ3) is 4.97. The number of nitrogens with one attached hydrogen (secondary N) is 2. The number of aromatic nitrogens is 4. The molecule has 0 atom stereocenters. The van der Waals surface area contributed by atoms with Gasteiger partial charge in [0.05, 0.1) is 5.69 Å². The lowest BCUT2D eigenvalue weighted by molar-refractivity contribution is 0.0955. The van der Waals surface area contributed by atoms with E-state index in [0.29, 0.717) is 30.3 Å². The molecule has 4 aromatic rings. The molecule has 0 fully saturated rings. The molecule has 7 nitrogen and oxygen atoms in total. The summed E-state index contributed by atoms with van der Waals surface area (Å²) in [6.07, 6.45) is 0. The summed E-state index contributed by atoms with van der Waals surface area (Å²) in [6, 6.07) is 15.6. The maximum Gasteiger partial charge on any atom is 0.251 e. The Bertz CT molecular complexity index is 1180. The Morgan fingerprint density at radius 1 is 1.03 bits per heavy atom. The lowest BCUT2D eigenvalue weighted by Crippen LogP contribution is -2.29. The molecule has 0 aliphatic carbocycles. The molecular weight excluding hydrogens is 408 g/mol. The topological polar surface area (TPSA) is 84.7 Å². The number of hydrogen-bond donors (Lipinski definition) is 2. The monoisotopic (exact) mass is 432 g/mol. The van der Waals surface area contributed by atoms with Crippen LogP contribution < -0.4 is 10.6 Å². The van der Waals surface area contributed by atoms with Gasteiger partial charge >= 0.3 is 0 Å². The highest BCUT2D eigenvalue weighted by molar-refractivity contribution is 7.13. The fourth-order valence-corrected chi connectivity index (χ4v) is 4.04. The van der Waals surface area contributed by atoms with Crippen molar-refractivity contribution in [3.8, 4) is 16.3 Å². The highest BCUT2D eigenvalue weighted by Gasteiger charge is 2.09. The Balaban J connectivity index is 1.32. The van der Waals surface area contributed by atoms with Crippen LogP contribution in [0.15, 0.2) is 53.9 Å². The zero-order valence-electron chi connectivity index (χ0n) is 17.7. The Hall–Kier alpha value is -3.52. The van der Waals surface area contributed by atoms with E-state index in [1.807, 2.05) is 68.6 Å². The van der Waals surface area contributed by atoms with Crippen molar-refractivity contribution in [2.75, 3.05) is 18.4 Å². The van der Waals surface area contributed by atoms with Crippen molar-refractivity contribution in [2.24, 2.45) is 0 Å². The number of benzene rings is 1. The number of thiophene rings is 1. The van der Waals surface area contributed by atoms with Crippen molar-refractivity contribution in [3.05, 3.63) is 76.7 Å². The number of aryl methyl sites for hydroxylation is 3. The highest BCUT2D eigenvalue weighted by Crippen LogP contribution is 2.24. The number of amides is 1. The van der Waals surface area contributed by atoms with Gasteiger partial charge in [0.15, 0.2) is 5.82 Å². The fourth-order valence-electron chi connectivity index (χ4n) is 3.31.